The number of pyridine rings is 2. The molecule has 20 heavy (non-hydrogen) atoms. The molecule has 6 nitrogen and oxygen atoms in total. The maximum atomic E-state index is 11.9. The second-order valence-corrected chi connectivity index (χ2v) is 3.92. The van der Waals surface area contributed by atoms with Gasteiger partial charge in [-0.25, -0.2) is 4.98 Å². The van der Waals surface area contributed by atoms with Crippen LogP contribution in [0.2, 0.25) is 0 Å². The third-order valence-corrected chi connectivity index (χ3v) is 2.46. The molecule has 0 spiro atoms. The fourth-order valence-corrected chi connectivity index (χ4v) is 1.47. The molecule has 2 heterocycles. The van der Waals surface area contributed by atoms with Gasteiger partial charge in [0, 0.05) is 25.6 Å². The molecule has 0 aliphatic heterocycles. The van der Waals surface area contributed by atoms with Gasteiger partial charge in [0.2, 0.25) is 5.88 Å². The maximum Gasteiger partial charge on any atom is 0.257 e. The first-order valence-corrected chi connectivity index (χ1v) is 6.09. The van der Waals surface area contributed by atoms with Crippen molar-refractivity contribution in [2.24, 2.45) is 0 Å². The molecular formula is C14H15N3O3. The molecule has 0 aromatic carbocycles. The molecule has 2 aromatic rings. The zero-order valence-electron chi connectivity index (χ0n) is 11.1. The third kappa shape index (κ3) is 4.03. The Bertz CT molecular complexity index is 543. The van der Waals surface area contributed by atoms with Crippen LogP contribution in [0.4, 0.5) is 5.69 Å². The molecule has 0 radical (unpaired) electrons. The van der Waals surface area contributed by atoms with E-state index in [2.05, 4.69) is 15.3 Å². The lowest BCUT2D eigenvalue weighted by molar-refractivity contribution is 0.102. The number of hydrogen-bond donors (Lipinski definition) is 1. The van der Waals surface area contributed by atoms with E-state index in [4.69, 9.17) is 9.47 Å². The van der Waals surface area contributed by atoms with Crippen LogP contribution >= 0.6 is 0 Å². The van der Waals surface area contributed by atoms with E-state index in [9.17, 15) is 4.79 Å². The Morgan fingerprint density at radius 1 is 1.25 bits per heavy atom. The highest BCUT2D eigenvalue weighted by Gasteiger charge is 2.06. The lowest BCUT2D eigenvalue weighted by atomic mass is 10.2. The number of hydrogen-bond acceptors (Lipinski definition) is 5. The van der Waals surface area contributed by atoms with E-state index in [1.807, 2.05) is 0 Å². The Kier molecular flexibility index (Phi) is 5.02. The number of carbonyl (C=O) groups is 1. The molecule has 0 unspecified atom stereocenters. The molecule has 104 valence electrons. The number of anilines is 1. The summed E-state index contributed by atoms with van der Waals surface area (Å²) < 4.78 is 10.2. The molecule has 0 saturated carbocycles. The minimum absolute atomic E-state index is 0.229. The van der Waals surface area contributed by atoms with Gasteiger partial charge in [-0.05, 0) is 18.2 Å². The van der Waals surface area contributed by atoms with Crippen molar-refractivity contribution in [3.8, 4) is 5.88 Å². The van der Waals surface area contributed by atoms with E-state index in [1.165, 1.54) is 12.4 Å². The first-order chi connectivity index (χ1) is 9.79. The summed E-state index contributed by atoms with van der Waals surface area (Å²) in [5, 5.41) is 2.73. The van der Waals surface area contributed by atoms with Gasteiger partial charge < -0.3 is 14.8 Å². The van der Waals surface area contributed by atoms with E-state index >= 15 is 0 Å². The molecule has 1 amide bonds. The lowest BCUT2D eigenvalue weighted by Gasteiger charge is -2.07. The van der Waals surface area contributed by atoms with E-state index in [-0.39, 0.29) is 5.91 Å². The maximum absolute atomic E-state index is 11.9. The van der Waals surface area contributed by atoms with Gasteiger partial charge in [-0.1, -0.05) is 0 Å². The van der Waals surface area contributed by atoms with Crippen LogP contribution in [0.25, 0.3) is 0 Å². The number of methoxy groups -OCH3 is 1. The minimum Gasteiger partial charge on any atom is -0.475 e. The summed E-state index contributed by atoms with van der Waals surface area (Å²) in [5.74, 6) is 0.259. The van der Waals surface area contributed by atoms with Gasteiger partial charge in [0.25, 0.3) is 5.91 Å². The summed E-state index contributed by atoms with van der Waals surface area (Å²) in [7, 11) is 1.61. The second kappa shape index (κ2) is 7.20. The predicted octanol–water partition coefficient (Wildman–Crippen LogP) is 1.75. The first-order valence-electron chi connectivity index (χ1n) is 6.09. The predicted molar refractivity (Wildman–Crippen MR) is 73.8 cm³/mol. The van der Waals surface area contributed by atoms with Gasteiger partial charge in [0.05, 0.1) is 24.1 Å². The van der Waals surface area contributed by atoms with Crippen molar-refractivity contribution < 1.29 is 14.3 Å². The highest BCUT2D eigenvalue weighted by atomic mass is 16.5. The standard InChI is InChI=1S/C14H15N3O3/c1-19-7-8-20-13-5-4-12(10-16-13)17-14(18)11-3-2-6-15-9-11/h2-6,9-10H,7-8H2,1H3,(H,17,18). The highest BCUT2D eigenvalue weighted by molar-refractivity contribution is 6.03. The Morgan fingerprint density at radius 2 is 2.15 bits per heavy atom. The summed E-state index contributed by atoms with van der Waals surface area (Å²) in [6, 6.07) is 6.82. The van der Waals surface area contributed by atoms with Crippen LogP contribution in [0, 0.1) is 0 Å². The SMILES string of the molecule is COCCOc1ccc(NC(=O)c2cccnc2)cn1. The van der Waals surface area contributed by atoms with Crippen molar-refractivity contribution in [3.05, 3.63) is 48.4 Å². The molecule has 0 saturated heterocycles. The van der Waals surface area contributed by atoms with Crippen LogP contribution in [-0.2, 0) is 4.74 Å². The van der Waals surface area contributed by atoms with Gasteiger partial charge in [0.15, 0.2) is 0 Å². The third-order valence-electron chi connectivity index (χ3n) is 2.46. The fraction of sp³-hybridized carbons (Fsp3) is 0.214. The molecule has 0 atom stereocenters. The van der Waals surface area contributed by atoms with E-state index < -0.39 is 0 Å². The number of rotatable bonds is 6. The van der Waals surface area contributed by atoms with Gasteiger partial charge >= 0.3 is 0 Å². The molecule has 0 bridgehead atoms. The van der Waals surface area contributed by atoms with E-state index in [0.29, 0.717) is 30.3 Å². The zero-order chi connectivity index (χ0) is 14.2. The van der Waals surface area contributed by atoms with Crippen LogP contribution in [0.15, 0.2) is 42.9 Å². The highest BCUT2D eigenvalue weighted by Crippen LogP contribution is 2.12. The summed E-state index contributed by atoms with van der Waals surface area (Å²) in [4.78, 5) is 19.9. The summed E-state index contributed by atoms with van der Waals surface area (Å²) in [6.07, 6.45) is 4.66. The number of aromatic nitrogens is 2. The average Bonchev–Trinajstić information content (AvgIpc) is 2.50. The van der Waals surface area contributed by atoms with Crippen LogP contribution < -0.4 is 10.1 Å². The average molecular weight is 273 g/mol. The van der Waals surface area contributed by atoms with Crippen molar-refractivity contribution in [1.29, 1.82) is 0 Å². The van der Waals surface area contributed by atoms with Crippen LogP contribution in [0.1, 0.15) is 10.4 Å². The molecule has 1 N–H and O–H groups in total. The van der Waals surface area contributed by atoms with Gasteiger partial charge in [-0.15, -0.1) is 0 Å². The quantitative estimate of drug-likeness (QED) is 0.812. The second-order valence-electron chi connectivity index (χ2n) is 3.92. The monoisotopic (exact) mass is 273 g/mol. The van der Waals surface area contributed by atoms with E-state index in [0.717, 1.165) is 0 Å². The lowest BCUT2D eigenvalue weighted by Crippen LogP contribution is -2.12. The number of nitrogens with zero attached hydrogens (tertiary/aromatic N) is 2. The van der Waals surface area contributed by atoms with Crippen molar-refractivity contribution in [3.63, 3.8) is 0 Å². The Labute approximate surface area is 116 Å². The van der Waals surface area contributed by atoms with Crippen molar-refractivity contribution in [1.82, 2.24) is 9.97 Å². The van der Waals surface area contributed by atoms with Gasteiger partial charge in [0.1, 0.15) is 6.61 Å². The number of nitrogens with one attached hydrogen (secondary N) is 1. The van der Waals surface area contributed by atoms with Crippen molar-refractivity contribution in [2.75, 3.05) is 25.6 Å². The summed E-state index contributed by atoms with van der Waals surface area (Å²) in [5.41, 5.74) is 1.09. The smallest absolute Gasteiger partial charge is 0.257 e. The number of ether oxygens (including phenoxy) is 2. The Balaban J connectivity index is 1.92. The Morgan fingerprint density at radius 3 is 2.80 bits per heavy atom. The molecule has 2 rings (SSSR count). The number of amides is 1. The largest absolute Gasteiger partial charge is 0.475 e. The summed E-state index contributed by atoms with van der Waals surface area (Å²) in [6.45, 7) is 0.937. The molecule has 6 heteroatoms. The van der Waals surface area contributed by atoms with Crippen molar-refractivity contribution >= 4 is 11.6 Å². The van der Waals surface area contributed by atoms with Crippen LogP contribution in [-0.4, -0.2) is 36.2 Å². The van der Waals surface area contributed by atoms with E-state index in [1.54, 1.807) is 37.6 Å². The summed E-state index contributed by atoms with van der Waals surface area (Å²) >= 11 is 0. The molecule has 0 aliphatic rings. The van der Waals surface area contributed by atoms with Gasteiger partial charge in [-0.3, -0.25) is 9.78 Å². The van der Waals surface area contributed by atoms with Crippen molar-refractivity contribution in [2.45, 2.75) is 0 Å². The normalized spacial score (nSPS) is 10.1. The molecule has 0 fully saturated rings. The van der Waals surface area contributed by atoms with Crippen LogP contribution in [0.5, 0.6) is 5.88 Å². The Hall–Kier alpha value is -2.47. The van der Waals surface area contributed by atoms with Gasteiger partial charge in [-0.2, -0.15) is 0 Å². The first kappa shape index (κ1) is 14.0. The molecule has 0 aliphatic carbocycles. The van der Waals surface area contributed by atoms with Crippen LogP contribution in [0.3, 0.4) is 0 Å². The number of carbonyl (C=O) groups excluding carboxylic acids is 1. The zero-order valence-corrected chi connectivity index (χ0v) is 11.1. The molecular weight excluding hydrogens is 258 g/mol. The fourth-order valence-electron chi connectivity index (χ4n) is 1.47. The topological polar surface area (TPSA) is 73.3 Å². The molecule has 2 aromatic heterocycles. The minimum atomic E-state index is -0.229.